The maximum absolute atomic E-state index is 6.03. The van der Waals surface area contributed by atoms with Gasteiger partial charge in [-0.25, -0.2) is 0 Å². The van der Waals surface area contributed by atoms with Crippen molar-refractivity contribution in [3.8, 4) is 5.75 Å². The van der Waals surface area contributed by atoms with Crippen LogP contribution < -0.4 is 15.8 Å². The Hall–Kier alpha value is -2.00. The predicted octanol–water partition coefficient (Wildman–Crippen LogP) is 3.78. The molecule has 0 aliphatic rings. The van der Waals surface area contributed by atoms with Gasteiger partial charge in [0.05, 0.1) is 12.3 Å². The van der Waals surface area contributed by atoms with Crippen LogP contribution in [0.15, 0.2) is 48.5 Å². The van der Waals surface area contributed by atoms with E-state index >= 15 is 0 Å². The largest absolute Gasteiger partial charge is 0.491 e. The molecule has 3 heteroatoms. The average Bonchev–Trinajstić information content (AvgIpc) is 2.55. The Morgan fingerprint density at radius 1 is 1.05 bits per heavy atom. The van der Waals surface area contributed by atoms with Crippen LogP contribution in [0.4, 0.5) is 5.69 Å². The van der Waals surface area contributed by atoms with E-state index in [1.807, 2.05) is 18.2 Å². The monoisotopic (exact) mass is 298 g/mol. The number of rotatable bonds is 9. The Morgan fingerprint density at radius 2 is 1.86 bits per heavy atom. The smallest absolute Gasteiger partial charge is 0.142 e. The topological polar surface area (TPSA) is 47.3 Å². The van der Waals surface area contributed by atoms with Gasteiger partial charge in [-0.05, 0) is 49.1 Å². The molecule has 0 aliphatic carbocycles. The van der Waals surface area contributed by atoms with Crippen molar-refractivity contribution in [1.29, 1.82) is 0 Å². The molecule has 0 spiro atoms. The highest BCUT2D eigenvalue weighted by atomic mass is 16.5. The zero-order valence-corrected chi connectivity index (χ0v) is 13.3. The minimum absolute atomic E-state index is 0.715. The van der Waals surface area contributed by atoms with Gasteiger partial charge in [-0.2, -0.15) is 0 Å². The summed E-state index contributed by atoms with van der Waals surface area (Å²) < 4.78 is 5.60. The summed E-state index contributed by atoms with van der Waals surface area (Å²) in [5.74, 6) is 0.799. The van der Waals surface area contributed by atoms with Crippen LogP contribution in [0.3, 0.4) is 0 Å². The highest BCUT2D eigenvalue weighted by Crippen LogP contribution is 2.23. The minimum atomic E-state index is 0.715. The molecule has 0 aromatic heterocycles. The van der Waals surface area contributed by atoms with Gasteiger partial charge in [-0.1, -0.05) is 43.3 Å². The van der Waals surface area contributed by atoms with Crippen LogP contribution in [-0.2, 0) is 13.0 Å². The molecule has 3 nitrogen and oxygen atoms in total. The van der Waals surface area contributed by atoms with E-state index in [0.29, 0.717) is 6.61 Å². The van der Waals surface area contributed by atoms with Gasteiger partial charge in [-0.15, -0.1) is 0 Å². The number of nitrogens with one attached hydrogen (secondary N) is 1. The quantitative estimate of drug-likeness (QED) is 0.547. The lowest BCUT2D eigenvalue weighted by molar-refractivity contribution is 0.319. The van der Waals surface area contributed by atoms with Crippen LogP contribution in [0.2, 0.25) is 0 Å². The van der Waals surface area contributed by atoms with Crippen molar-refractivity contribution in [3.05, 3.63) is 59.7 Å². The number of aryl methyl sites for hydroxylation is 1. The molecule has 2 rings (SSSR count). The first kappa shape index (κ1) is 16.4. The number of anilines is 1. The molecule has 22 heavy (non-hydrogen) atoms. The first-order valence-corrected chi connectivity index (χ1v) is 8.05. The van der Waals surface area contributed by atoms with E-state index in [9.17, 15) is 0 Å². The summed E-state index contributed by atoms with van der Waals surface area (Å²) in [6.45, 7) is 4.73. The van der Waals surface area contributed by atoms with E-state index in [2.05, 4.69) is 42.6 Å². The second-order valence-corrected chi connectivity index (χ2v) is 5.49. The van der Waals surface area contributed by atoms with Crippen molar-refractivity contribution in [2.75, 3.05) is 18.9 Å². The summed E-state index contributed by atoms with van der Waals surface area (Å²) in [6, 6.07) is 16.6. The summed E-state index contributed by atoms with van der Waals surface area (Å²) in [5.41, 5.74) is 9.36. The van der Waals surface area contributed by atoms with Crippen molar-refractivity contribution >= 4 is 5.69 Å². The fraction of sp³-hybridized carbons (Fsp3) is 0.368. The highest BCUT2D eigenvalue weighted by molar-refractivity contribution is 5.54. The third-order valence-corrected chi connectivity index (χ3v) is 3.53. The first-order chi connectivity index (χ1) is 10.8. The Balaban J connectivity index is 1.69. The van der Waals surface area contributed by atoms with Crippen LogP contribution in [-0.4, -0.2) is 13.2 Å². The van der Waals surface area contributed by atoms with Gasteiger partial charge >= 0.3 is 0 Å². The third kappa shape index (κ3) is 5.41. The Bertz CT molecular complexity index is 555. The third-order valence-electron chi connectivity index (χ3n) is 3.53. The minimum Gasteiger partial charge on any atom is -0.491 e. The molecule has 2 aromatic carbocycles. The van der Waals surface area contributed by atoms with E-state index < -0.39 is 0 Å². The van der Waals surface area contributed by atoms with E-state index in [1.54, 1.807) is 0 Å². The molecule has 118 valence electrons. The molecule has 0 saturated heterocycles. The molecule has 0 heterocycles. The fourth-order valence-corrected chi connectivity index (χ4v) is 2.34. The average molecular weight is 298 g/mol. The van der Waals surface area contributed by atoms with Gasteiger partial charge in [0, 0.05) is 6.54 Å². The van der Waals surface area contributed by atoms with E-state index in [0.717, 1.165) is 43.8 Å². The second-order valence-electron chi connectivity index (χ2n) is 5.49. The van der Waals surface area contributed by atoms with Gasteiger partial charge < -0.3 is 15.8 Å². The van der Waals surface area contributed by atoms with Crippen LogP contribution in [0.5, 0.6) is 5.75 Å². The van der Waals surface area contributed by atoms with Crippen molar-refractivity contribution in [3.63, 3.8) is 0 Å². The zero-order chi connectivity index (χ0) is 15.6. The van der Waals surface area contributed by atoms with Crippen LogP contribution >= 0.6 is 0 Å². The van der Waals surface area contributed by atoms with Crippen LogP contribution in [0, 0.1) is 0 Å². The lowest BCUT2D eigenvalue weighted by Crippen LogP contribution is -2.15. The van der Waals surface area contributed by atoms with Gasteiger partial charge in [0.2, 0.25) is 0 Å². The van der Waals surface area contributed by atoms with Gasteiger partial charge in [0.15, 0.2) is 0 Å². The Morgan fingerprint density at radius 3 is 2.59 bits per heavy atom. The van der Waals surface area contributed by atoms with Crippen molar-refractivity contribution in [1.82, 2.24) is 5.32 Å². The SMILES string of the molecule is CCCOc1ccc(CCCNCc2ccccc2)cc1N. The molecular formula is C19H26N2O. The zero-order valence-electron chi connectivity index (χ0n) is 13.3. The molecule has 0 atom stereocenters. The molecule has 0 unspecified atom stereocenters. The molecule has 0 aliphatic heterocycles. The molecule has 0 fully saturated rings. The van der Waals surface area contributed by atoms with Crippen molar-refractivity contribution < 1.29 is 4.74 Å². The highest BCUT2D eigenvalue weighted by Gasteiger charge is 2.02. The predicted molar refractivity (Wildman–Crippen MR) is 93.1 cm³/mol. The molecular weight excluding hydrogens is 272 g/mol. The molecule has 0 saturated carbocycles. The fourth-order valence-electron chi connectivity index (χ4n) is 2.34. The summed E-state index contributed by atoms with van der Waals surface area (Å²) in [7, 11) is 0. The van der Waals surface area contributed by atoms with Crippen molar-refractivity contribution in [2.24, 2.45) is 0 Å². The van der Waals surface area contributed by atoms with Crippen LogP contribution in [0.1, 0.15) is 30.9 Å². The van der Waals surface area contributed by atoms with Gasteiger partial charge in [-0.3, -0.25) is 0 Å². The molecule has 3 N–H and O–H groups in total. The van der Waals surface area contributed by atoms with Crippen LogP contribution in [0.25, 0.3) is 0 Å². The summed E-state index contributed by atoms with van der Waals surface area (Å²) in [5, 5.41) is 3.47. The second kappa shape index (κ2) is 9.11. The standard InChI is InChI=1S/C19H26N2O/c1-2-13-22-19-11-10-16(14-18(19)20)9-6-12-21-15-17-7-4-3-5-8-17/h3-5,7-8,10-11,14,21H,2,6,9,12-13,15,20H2,1H3. The molecule has 0 bridgehead atoms. The number of hydrogen-bond donors (Lipinski definition) is 2. The van der Waals surface area contributed by atoms with E-state index in [4.69, 9.17) is 10.5 Å². The number of ether oxygens (including phenoxy) is 1. The molecule has 2 aromatic rings. The first-order valence-electron chi connectivity index (χ1n) is 8.05. The molecule has 0 radical (unpaired) electrons. The number of nitrogen functional groups attached to an aromatic ring is 1. The van der Waals surface area contributed by atoms with Crippen molar-refractivity contribution in [2.45, 2.75) is 32.7 Å². The van der Waals surface area contributed by atoms with Gasteiger partial charge in [0.25, 0.3) is 0 Å². The van der Waals surface area contributed by atoms with Gasteiger partial charge in [0.1, 0.15) is 5.75 Å². The number of benzene rings is 2. The maximum Gasteiger partial charge on any atom is 0.142 e. The van der Waals surface area contributed by atoms with E-state index in [-0.39, 0.29) is 0 Å². The maximum atomic E-state index is 6.03. The Kier molecular flexibility index (Phi) is 6.78. The summed E-state index contributed by atoms with van der Waals surface area (Å²) in [4.78, 5) is 0. The lowest BCUT2D eigenvalue weighted by atomic mass is 10.1. The number of nitrogens with two attached hydrogens (primary N) is 1. The lowest BCUT2D eigenvalue weighted by Gasteiger charge is -2.10. The molecule has 0 amide bonds. The number of hydrogen-bond acceptors (Lipinski definition) is 3. The van der Waals surface area contributed by atoms with E-state index in [1.165, 1.54) is 11.1 Å². The summed E-state index contributed by atoms with van der Waals surface area (Å²) in [6.07, 6.45) is 3.12. The summed E-state index contributed by atoms with van der Waals surface area (Å²) >= 11 is 0. The normalized spacial score (nSPS) is 10.6. The Labute approximate surface area is 133 Å².